The Morgan fingerprint density at radius 1 is 0.432 bits per heavy atom. The summed E-state index contributed by atoms with van der Waals surface area (Å²) in [6.07, 6.45) is 0.967. The van der Waals surface area contributed by atoms with Crippen LogP contribution in [0, 0.1) is 25.7 Å². The first-order valence-corrected chi connectivity index (χ1v) is 33.7. The van der Waals surface area contributed by atoms with Crippen molar-refractivity contribution in [3.05, 3.63) is 175 Å². The Bertz CT molecular complexity index is 3410. The third-order valence-electron chi connectivity index (χ3n) is 16.4. The fourth-order valence-electron chi connectivity index (χ4n) is 10.8. The molecule has 0 heterocycles. The van der Waals surface area contributed by atoms with Gasteiger partial charge in [-0.1, -0.05) is 195 Å². The molecule has 16 heteroatoms. The Kier molecular flexibility index (Phi) is 20.9. The summed E-state index contributed by atoms with van der Waals surface area (Å²) >= 11 is 0. The zero-order chi connectivity index (χ0) is 65.2. The van der Waals surface area contributed by atoms with Crippen LogP contribution >= 0.6 is 0 Å². The first kappa shape index (κ1) is 68.8. The number of phenolic OH excluding ortho intramolecular Hbond substituents is 2. The molecule has 0 radical (unpaired) electrons. The molecule has 7 rings (SSSR count). The summed E-state index contributed by atoms with van der Waals surface area (Å²) < 4.78 is 73.2. The molecule has 6 aromatic carbocycles. The molecule has 0 spiro atoms. The Morgan fingerprint density at radius 2 is 0.670 bits per heavy atom. The fraction of sp³-hybridized carbons (Fsp3) is 0.472. The van der Waals surface area contributed by atoms with Crippen LogP contribution in [0.15, 0.2) is 107 Å². The van der Waals surface area contributed by atoms with Gasteiger partial charge in [0.05, 0.1) is 22.9 Å². The number of aromatic hydroxyl groups is 2. The number of aryl methyl sites for hydroxylation is 2. The summed E-state index contributed by atoms with van der Waals surface area (Å²) in [5, 5.41) is 31.6. The normalized spacial score (nSPS) is 14.1. The highest BCUT2D eigenvalue weighted by molar-refractivity contribution is 7.89. The Balaban J connectivity index is 1.33. The van der Waals surface area contributed by atoms with E-state index in [1.54, 1.807) is 52.0 Å². The van der Waals surface area contributed by atoms with E-state index in [-0.39, 0.29) is 107 Å². The molecular formula is C72H96N4O10S2. The van der Waals surface area contributed by atoms with E-state index in [2.05, 4.69) is 152 Å². The molecule has 1 aliphatic carbocycles. The van der Waals surface area contributed by atoms with Crippen LogP contribution in [0.1, 0.15) is 189 Å². The monoisotopic (exact) mass is 1240 g/mol. The summed E-state index contributed by atoms with van der Waals surface area (Å²) in [7, 11) is -8.07. The predicted octanol–water partition coefficient (Wildman–Crippen LogP) is 12.6. The van der Waals surface area contributed by atoms with Crippen molar-refractivity contribution in [2.45, 2.75) is 194 Å². The van der Waals surface area contributed by atoms with E-state index < -0.39 is 43.9 Å². The standard InChI is InChI=1S/C72H96N4O10S2/c1-43(2)61(75-87(81,82)59-23-19-45(5)20-24-59)67(79)73-27-29-85-65-51-31-47-35-55(69(7,8)9)37-49(63(47)77)33-53-41-58(72(16,17)18)42-54(34-50-38-56(70(10,11)12)36-48(64(50)78)32-52(65)40-57(39-51)71(13,14)15)66(53)86-30-28-74-68(80)62(44(3)4)76-88(83,84)60-25-21-46(6)22-26-60/h19-26,35-44,61-62,75-78H,27-34H2,1-18H3,(H,73,79)(H,74,80)/t61-,62-/m0/s1. The maximum Gasteiger partial charge on any atom is 0.241 e. The number of rotatable bonds is 18. The first-order valence-electron chi connectivity index (χ1n) is 30.8. The van der Waals surface area contributed by atoms with Crippen molar-refractivity contribution in [1.82, 2.24) is 20.1 Å². The van der Waals surface area contributed by atoms with Gasteiger partial charge in [-0.05, 0) is 138 Å². The molecule has 0 saturated carbocycles. The van der Waals surface area contributed by atoms with Gasteiger partial charge in [0.1, 0.15) is 48.3 Å². The van der Waals surface area contributed by atoms with Crippen LogP contribution < -0.4 is 29.6 Å². The predicted molar refractivity (Wildman–Crippen MR) is 352 cm³/mol. The Morgan fingerprint density at radius 3 is 0.898 bits per heavy atom. The molecule has 0 aliphatic heterocycles. The lowest BCUT2D eigenvalue weighted by Crippen LogP contribution is -2.50. The number of hydrogen-bond donors (Lipinski definition) is 6. The second-order valence-corrected chi connectivity index (χ2v) is 32.3. The van der Waals surface area contributed by atoms with Crippen molar-refractivity contribution < 1.29 is 46.1 Å². The number of amides is 2. The van der Waals surface area contributed by atoms with Crippen LogP contribution in [0.3, 0.4) is 0 Å². The van der Waals surface area contributed by atoms with Gasteiger partial charge in [-0.25, -0.2) is 16.8 Å². The van der Waals surface area contributed by atoms with Crippen molar-refractivity contribution in [1.29, 1.82) is 0 Å². The number of benzene rings is 6. The molecule has 1 aliphatic rings. The van der Waals surface area contributed by atoms with Crippen LogP contribution in [0.25, 0.3) is 0 Å². The number of carbonyl (C=O) groups excluding carboxylic acids is 2. The number of phenols is 2. The Labute approximate surface area is 525 Å². The molecule has 88 heavy (non-hydrogen) atoms. The lowest BCUT2D eigenvalue weighted by atomic mass is 9.79. The SMILES string of the molecule is Cc1ccc(S(=O)(=O)N[C@H](C(=O)NCCOc2c3cc(C(C)(C)C)cc2Cc2cc(C(C)(C)C)cc(c2O)Cc2cc(C(C)(C)C)cc(c2OCCNC(=O)[C@@H](NS(=O)(=O)c2ccc(C)cc2)C(C)C)Cc2cc(C(C)(C)C)cc(c2O)C3)C(C)C)cc1. The molecule has 6 aromatic rings. The summed E-state index contributed by atoms with van der Waals surface area (Å²) in [4.78, 5) is 28.0. The summed E-state index contributed by atoms with van der Waals surface area (Å²) in [6, 6.07) is 27.5. The van der Waals surface area contributed by atoms with Crippen molar-refractivity contribution in [2.24, 2.45) is 11.8 Å². The van der Waals surface area contributed by atoms with Crippen molar-refractivity contribution in [3.63, 3.8) is 0 Å². The third kappa shape index (κ3) is 17.0. The molecule has 8 bridgehead atoms. The van der Waals surface area contributed by atoms with Crippen molar-refractivity contribution >= 4 is 31.9 Å². The van der Waals surface area contributed by atoms with E-state index in [9.17, 15) is 36.6 Å². The summed E-state index contributed by atoms with van der Waals surface area (Å²) in [6.45, 7) is 36.7. The maximum absolute atomic E-state index is 14.0. The minimum absolute atomic E-state index is 0.0109. The van der Waals surface area contributed by atoms with Crippen LogP contribution in [-0.2, 0) is 77.0 Å². The van der Waals surface area contributed by atoms with Gasteiger partial charge in [-0.3, -0.25) is 9.59 Å². The van der Waals surface area contributed by atoms with E-state index in [1.165, 1.54) is 24.3 Å². The number of sulfonamides is 2. The molecule has 0 fully saturated rings. The molecule has 6 N–H and O–H groups in total. The average molecular weight is 1240 g/mol. The highest BCUT2D eigenvalue weighted by Crippen LogP contribution is 2.44. The van der Waals surface area contributed by atoms with Gasteiger partial charge in [-0.15, -0.1) is 0 Å². The minimum atomic E-state index is -4.03. The quantitative estimate of drug-likeness (QED) is 0.0448. The second-order valence-electron chi connectivity index (χ2n) is 28.8. The fourth-order valence-corrected chi connectivity index (χ4v) is 13.5. The zero-order valence-electron chi connectivity index (χ0n) is 55.2. The third-order valence-corrected chi connectivity index (χ3v) is 19.3. The van der Waals surface area contributed by atoms with E-state index in [1.807, 2.05) is 13.8 Å². The zero-order valence-corrected chi connectivity index (χ0v) is 56.8. The summed E-state index contributed by atoms with van der Waals surface area (Å²) in [5.41, 5.74) is 10.2. The average Bonchev–Trinajstić information content (AvgIpc) is 3.30. The first-order chi connectivity index (χ1) is 40.7. The van der Waals surface area contributed by atoms with Gasteiger partial charge in [0.2, 0.25) is 31.9 Å². The molecule has 14 nitrogen and oxygen atoms in total. The number of nitrogens with one attached hydrogen (secondary N) is 4. The second kappa shape index (κ2) is 26.8. The van der Waals surface area contributed by atoms with Crippen molar-refractivity contribution in [2.75, 3.05) is 26.3 Å². The van der Waals surface area contributed by atoms with Crippen LogP contribution in [0.4, 0.5) is 0 Å². The highest BCUT2D eigenvalue weighted by atomic mass is 32.2. The van der Waals surface area contributed by atoms with E-state index in [4.69, 9.17) is 9.47 Å². The van der Waals surface area contributed by atoms with E-state index >= 15 is 0 Å². The molecule has 476 valence electrons. The van der Waals surface area contributed by atoms with Crippen LogP contribution in [-0.4, -0.2) is 77.2 Å². The van der Waals surface area contributed by atoms with Gasteiger partial charge < -0.3 is 30.3 Å². The largest absolute Gasteiger partial charge is 0.507 e. The number of ether oxygens (including phenoxy) is 2. The topological polar surface area (TPSA) is 209 Å². The number of hydrogen-bond acceptors (Lipinski definition) is 10. The number of carbonyl (C=O) groups is 2. The van der Waals surface area contributed by atoms with Crippen molar-refractivity contribution in [3.8, 4) is 23.0 Å². The molecule has 0 aromatic heterocycles. The van der Waals surface area contributed by atoms with Gasteiger partial charge in [0, 0.05) is 25.7 Å². The molecular weight excluding hydrogens is 1140 g/mol. The lowest BCUT2D eigenvalue weighted by Gasteiger charge is -2.28. The van der Waals surface area contributed by atoms with Gasteiger partial charge >= 0.3 is 0 Å². The number of fused-ring (bicyclic) bond motifs is 8. The van der Waals surface area contributed by atoms with Crippen LogP contribution in [0.2, 0.25) is 0 Å². The molecule has 2 atom stereocenters. The van der Waals surface area contributed by atoms with Crippen LogP contribution in [0.5, 0.6) is 23.0 Å². The lowest BCUT2D eigenvalue weighted by molar-refractivity contribution is -0.124. The Hall–Kier alpha value is -6.72. The molecule has 2 amide bonds. The van der Waals surface area contributed by atoms with E-state index in [0.717, 1.165) is 55.6 Å². The smallest absolute Gasteiger partial charge is 0.241 e. The van der Waals surface area contributed by atoms with Gasteiger partial charge in [0.15, 0.2) is 0 Å². The highest BCUT2D eigenvalue weighted by Gasteiger charge is 2.33. The van der Waals surface area contributed by atoms with Gasteiger partial charge in [-0.2, -0.15) is 9.44 Å². The summed E-state index contributed by atoms with van der Waals surface area (Å²) in [5.74, 6) is -0.451. The molecule has 0 saturated heterocycles. The van der Waals surface area contributed by atoms with E-state index in [0.29, 0.717) is 33.8 Å². The maximum atomic E-state index is 14.0. The minimum Gasteiger partial charge on any atom is -0.507 e. The van der Waals surface area contributed by atoms with Gasteiger partial charge in [0.25, 0.3) is 0 Å². The molecule has 0 unspecified atom stereocenters.